The molecular formula is C32H52N2O3S. The van der Waals surface area contributed by atoms with Gasteiger partial charge in [0.2, 0.25) is 11.0 Å². The first-order chi connectivity index (χ1) is 18.4. The average Bonchev–Trinajstić information content (AvgIpc) is 2.91. The molecule has 6 heteroatoms. The molecule has 1 rings (SSSR count). The highest BCUT2D eigenvalue weighted by Gasteiger charge is 2.21. The van der Waals surface area contributed by atoms with E-state index in [1.54, 1.807) is 13.0 Å². The van der Waals surface area contributed by atoms with Crippen molar-refractivity contribution in [2.24, 2.45) is 5.10 Å². The summed E-state index contributed by atoms with van der Waals surface area (Å²) < 4.78 is 5.26. The summed E-state index contributed by atoms with van der Waals surface area (Å²) in [5, 5.41) is 6.13. The minimum absolute atomic E-state index is 0.139. The van der Waals surface area contributed by atoms with Gasteiger partial charge in [0.25, 0.3) is 0 Å². The van der Waals surface area contributed by atoms with Crippen molar-refractivity contribution in [3.05, 3.63) is 47.0 Å². The number of benzene rings is 1. The van der Waals surface area contributed by atoms with E-state index >= 15 is 0 Å². The normalized spacial score (nSPS) is 11.4. The van der Waals surface area contributed by atoms with Gasteiger partial charge in [0, 0.05) is 0 Å². The molecule has 0 fully saturated rings. The number of rotatable bonds is 19. The second kappa shape index (κ2) is 20.8. The van der Waals surface area contributed by atoms with Gasteiger partial charge in [-0.2, -0.15) is 5.10 Å². The highest BCUT2D eigenvalue weighted by molar-refractivity contribution is 8.15. The van der Waals surface area contributed by atoms with Crippen LogP contribution in [0.1, 0.15) is 114 Å². The number of carbonyl (C=O) groups excluding carboxylic acids is 2. The molecule has 0 aliphatic rings. The Kier molecular flexibility index (Phi) is 18.6. The molecule has 214 valence electrons. The molecule has 0 saturated heterocycles. The molecule has 5 nitrogen and oxygen atoms in total. The van der Waals surface area contributed by atoms with Crippen LogP contribution in [0.4, 0.5) is 0 Å². The number of nitrogens with zero attached hydrogens (tertiary/aromatic N) is 2. The standard InChI is InChI=1S/C32H52N2O3S/c1-7-12-13-14-15-16-17-18-19-20-22-38-31(32(36)37-11-5)33-34(21-8-2)30(35)25-29-27(9-3)23-26(6)24-28(29)10-4/h8,23-24H,2,7,9-22,25H2,1,3-6H3/b33-31-. The van der Waals surface area contributed by atoms with E-state index in [-0.39, 0.29) is 30.5 Å². The molecule has 0 radical (unpaired) electrons. The number of unbranched alkanes of at least 4 members (excludes halogenated alkanes) is 9. The van der Waals surface area contributed by atoms with E-state index in [0.717, 1.165) is 37.0 Å². The molecule has 1 aromatic rings. The van der Waals surface area contributed by atoms with Gasteiger partial charge in [-0.15, -0.1) is 6.58 Å². The first-order valence-electron chi connectivity index (χ1n) is 14.8. The van der Waals surface area contributed by atoms with Crippen molar-refractivity contribution < 1.29 is 14.3 Å². The largest absolute Gasteiger partial charge is 0.461 e. The zero-order valence-electron chi connectivity index (χ0n) is 24.8. The van der Waals surface area contributed by atoms with Crippen LogP contribution in [0.15, 0.2) is 29.9 Å². The van der Waals surface area contributed by atoms with Crippen LogP contribution < -0.4 is 0 Å². The number of aryl methyl sites for hydroxylation is 3. The Morgan fingerprint density at radius 3 is 1.97 bits per heavy atom. The molecule has 0 N–H and O–H groups in total. The third kappa shape index (κ3) is 13.1. The molecule has 0 unspecified atom stereocenters. The van der Waals surface area contributed by atoms with Crippen molar-refractivity contribution in [2.45, 2.75) is 118 Å². The van der Waals surface area contributed by atoms with E-state index in [0.29, 0.717) is 0 Å². The Morgan fingerprint density at radius 2 is 1.47 bits per heavy atom. The Bertz CT molecular complexity index is 856. The van der Waals surface area contributed by atoms with E-state index in [1.165, 1.54) is 84.8 Å². The summed E-state index contributed by atoms with van der Waals surface area (Å²) in [7, 11) is 0. The summed E-state index contributed by atoms with van der Waals surface area (Å²) in [5.41, 5.74) is 4.67. The summed E-state index contributed by atoms with van der Waals surface area (Å²) in [5.74, 6) is 0.173. The highest BCUT2D eigenvalue weighted by Crippen LogP contribution is 2.21. The van der Waals surface area contributed by atoms with Gasteiger partial charge in [0.05, 0.1) is 19.6 Å². The second-order valence-electron chi connectivity index (χ2n) is 9.87. The van der Waals surface area contributed by atoms with Gasteiger partial charge in [0.1, 0.15) is 0 Å². The lowest BCUT2D eigenvalue weighted by Crippen LogP contribution is -2.31. The number of carbonyl (C=O) groups is 2. The maximum atomic E-state index is 13.4. The van der Waals surface area contributed by atoms with Crippen molar-refractivity contribution in [1.82, 2.24) is 5.01 Å². The molecule has 0 atom stereocenters. The van der Waals surface area contributed by atoms with E-state index in [9.17, 15) is 9.59 Å². The summed E-state index contributed by atoms with van der Waals surface area (Å²) in [6.45, 7) is 14.7. The van der Waals surface area contributed by atoms with E-state index < -0.39 is 5.97 Å². The predicted octanol–water partition coefficient (Wildman–Crippen LogP) is 8.21. The molecule has 0 aliphatic heterocycles. The number of thioether (sulfide) groups is 1. The van der Waals surface area contributed by atoms with Crippen LogP contribution in [0.25, 0.3) is 0 Å². The smallest absolute Gasteiger partial charge is 0.365 e. The van der Waals surface area contributed by atoms with Gasteiger partial charge in [-0.25, -0.2) is 9.80 Å². The van der Waals surface area contributed by atoms with Crippen LogP contribution in [0.3, 0.4) is 0 Å². The number of ether oxygens (including phenoxy) is 1. The fraction of sp³-hybridized carbons (Fsp3) is 0.656. The van der Waals surface area contributed by atoms with Crippen molar-refractivity contribution in [1.29, 1.82) is 0 Å². The van der Waals surface area contributed by atoms with Crippen LogP contribution >= 0.6 is 11.8 Å². The lowest BCUT2D eigenvalue weighted by atomic mass is 9.92. The van der Waals surface area contributed by atoms with Gasteiger partial charge in [-0.1, -0.05) is 114 Å². The fourth-order valence-electron chi connectivity index (χ4n) is 4.58. The van der Waals surface area contributed by atoms with Gasteiger partial charge >= 0.3 is 5.97 Å². The molecule has 1 amide bonds. The fourth-order valence-corrected chi connectivity index (χ4v) is 5.46. The Labute approximate surface area is 236 Å². The number of hydrogen-bond acceptors (Lipinski definition) is 5. The van der Waals surface area contributed by atoms with Crippen molar-refractivity contribution in [3.8, 4) is 0 Å². The minimum atomic E-state index is -0.467. The Morgan fingerprint density at radius 1 is 0.921 bits per heavy atom. The van der Waals surface area contributed by atoms with Crippen LogP contribution in [0, 0.1) is 6.92 Å². The van der Waals surface area contributed by atoms with Crippen LogP contribution in [0.2, 0.25) is 0 Å². The topological polar surface area (TPSA) is 59.0 Å². The first kappa shape index (κ1) is 33.9. The van der Waals surface area contributed by atoms with E-state index in [4.69, 9.17) is 4.74 Å². The van der Waals surface area contributed by atoms with E-state index in [2.05, 4.69) is 51.5 Å². The van der Waals surface area contributed by atoms with Crippen LogP contribution in [-0.2, 0) is 33.6 Å². The lowest BCUT2D eigenvalue weighted by Gasteiger charge is -2.20. The molecule has 0 bridgehead atoms. The molecule has 0 aromatic heterocycles. The predicted molar refractivity (Wildman–Crippen MR) is 164 cm³/mol. The summed E-state index contributed by atoms with van der Waals surface area (Å²) >= 11 is 1.39. The molecule has 1 aromatic carbocycles. The maximum absolute atomic E-state index is 13.4. The third-order valence-corrected chi connectivity index (χ3v) is 7.67. The SMILES string of the molecule is C=CCN(/N=C(\SCCCCCCCCCCCC)C(=O)OCC)C(=O)Cc1c(CC)cc(C)cc1CC. The van der Waals surface area contributed by atoms with Gasteiger partial charge < -0.3 is 4.74 Å². The monoisotopic (exact) mass is 544 g/mol. The zero-order valence-corrected chi connectivity index (χ0v) is 25.6. The molecule has 38 heavy (non-hydrogen) atoms. The van der Waals surface area contributed by atoms with Crippen LogP contribution in [0.5, 0.6) is 0 Å². The first-order valence-corrected chi connectivity index (χ1v) is 15.8. The molecule has 0 aliphatic carbocycles. The second-order valence-corrected chi connectivity index (χ2v) is 10.9. The Hall–Kier alpha value is -2.08. The van der Waals surface area contributed by atoms with Gasteiger partial charge in [-0.05, 0) is 55.6 Å². The third-order valence-electron chi connectivity index (χ3n) is 6.66. The van der Waals surface area contributed by atoms with Gasteiger partial charge in [-0.3, -0.25) is 4.79 Å². The number of amides is 1. The molecule has 0 saturated carbocycles. The van der Waals surface area contributed by atoms with Crippen molar-refractivity contribution in [2.75, 3.05) is 18.9 Å². The molecule has 0 heterocycles. The summed E-state index contributed by atoms with van der Waals surface area (Å²) in [4.78, 5) is 26.1. The van der Waals surface area contributed by atoms with Crippen molar-refractivity contribution >= 4 is 28.7 Å². The zero-order chi connectivity index (χ0) is 28.2. The van der Waals surface area contributed by atoms with Crippen molar-refractivity contribution in [3.63, 3.8) is 0 Å². The quantitative estimate of drug-likeness (QED) is 0.0440. The molecular weight excluding hydrogens is 492 g/mol. The average molecular weight is 545 g/mol. The number of hydrazone groups is 1. The number of esters is 1. The Balaban J connectivity index is 2.81. The number of hydrogen-bond donors (Lipinski definition) is 0. The van der Waals surface area contributed by atoms with Gasteiger partial charge in [0.15, 0.2) is 0 Å². The molecule has 0 spiro atoms. The maximum Gasteiger partial charge on any atom is 0.365 e. The minimum Gasteiger partial charge on any atom is -0.461 e. The van der Waals surface area contributed by atoms with Crippen LogP contribution in [-0.4, -0.2) is 40.8 Å². The lowest BCUT2D eigenvalue weighted by molar-refractivity contribution is -0.134. The highest BCUT2D eigenvalue weighted by atomic mass is 32.2. The van der Waals surface area contributed by atoms with E-state index in [1.807, 2.05) is 0 Å². The summed E-state index contributed by atoms with van der Waals surface area (Å²) in [6, 6.07) is 4.32. The summed E-state index contributed by atoms with van der Waals surface area (Å²) in [6.07, 6.45) is 16.3.